The van der Waals surface area contributed by atoms with Crippen LogP contribution in [0, 0.1) is 0 Å². The molecule has 1 aromatic heterocycles. The Morgan fingerprint density at radius 3 is 2.85 bits per heavy atom. The van der Waals surface area contributed by atoms with E-state index in [-0.39, 0.29) is 0 Å². The number of hydrogen-bond acceptors (Lipinski definition) is 3. The Bertz CT molecular complexity index is 519. The fourth-order valence-electron chi connectivity index (χ4n) is 2.00. The van der Waals surface area contributed by atoms with Crippen molar-refractivity contribution in [1.82, 2.24) is 10.3 Å². The summed E-state index contributed by atoms with van der Waals surface area (Å²) in [5, 5.41) is 4.31. The first-order valence-electron chi connectivity index (χ1n) is 6.79. The van der Waals surface area contributed by atoms with Crippen molar-refractivity contribution in [3.63, 3.8) is 0 Å². The Kier molecular flexibility index (Phi) is 6.37. The van der Waals surface area contributed by atoms with Gasteiger partial charge in [-0.05, 0) is 36.9 Å². The van der Waals surface area contributed by atoms with E-state index in [1.807, 2.05) is 48.3 Å². The molecule has 0 fully saturated rings. The molecule has 20 heavy (non-hydrogen) atoms. The third kappa shape index (κ3) is 5.16. The second-order valence-electron chi connectivity index (χ2n) is 4.55. The molecule has 0 aliphatic carbocycles. The number of likely N-dealkylation sites (N-methyl/N-ethyl adjacent to an activating group) is 1. The molecule has 1 unspecified atom stereocenters. The van der Waals surface area contributed by atoms with Crippen molar-refractivity contribution in [2.75, 3.05) is 12.3 Å². The van der Waals surface area contributed by atoms with Gasteiger partial charge in [0.25, 0.3) is 0 Å². The summed E-state index contributed by atoms with van der Waals surface area (Å²) in [6, 6.07) is 14.5. The maximum Gasteiger partial charge on any atom is 0.0419 e. The Hall–Kier alpha value is -1.03. The molecule has 0 aliphatic heterocycles. The van der Waals surface area contributed by atoms with Crippen LogP contribution < -0.4 is 5.32 Å². The number of nitrogens with zero attached hydrogens (tertiary/aromatic N) is 1. The molecule has 0 amide bonds. The van der Waals surface area contributed by atoms with Gasteiger partial charge in [0, 0.05) is 40.0 Å². The van der Waals surface area contributed by atoms with Crippen LogP contribution in [0.25, 0.3) is 0 Å². The molecule has 1 N–H and O–H groups in total. The molecular weight excluding hydrogens is 288 g/mol. The highest BCUT2D eigenvalue weighted by molar-refractivity contribution is 7.99. The monoisotopic (exact) mass is 306 g/mol. The van der Waals surface area contributed by atoms with Crippen LogP contribution in [0.5, 0.6) is 0 Å². The lowest BCUT2D eigenvalue weighted by molar-refractivity contribution is 0.566. The molecule has 0 bridgehead atoms. The molecular formula is C16H19ClN2S. The van der Waals surface area contributed by atoms with Crippen molar-refractivity contribution in [2.24, 2.45) is 0 Å². The highest BCUT2D eigenvalue weighted by Gasteiger charge is 2.10. The number of benzene rings is 1. The van der Waals surface area contributed by atoms with Gasteiger partial charge in [-0.2, -0.15) is 0 Å². The van der Waals surface area contributed by atoms with E-state index in [0.717, 1.165) is 29.4 Å². The van der Waals surface area contributed by atoms with Gasteiger partial charge in [-0.25, -0.2) is 0 Å². The van der Waals surface area contributed by atoms with Crippen LogP contribution in [-0.4, -0.2) is 23.3 Å². The van der Waals surface area contributed by atoms with Crippen molar-refractivity contribution in [3.8, 4) is 0 Å². The lowest BCUT2D eigenvalue weighted by Gasteiger charge is -2.17. The van der Waals surface area contributed by atoms with E-state index in [2.05, 4.69) is 29.4 Å². The van der Waals surface area contributed by atoms with Crippen molar-refractivity contribution >= 4 is 23.4 Å². The van der Waals surface area contributed by atoms with Gasteiger partial charge >= 0.3 is 0 Å². The first-order valence-corrected chi connectivity index (χ1v) is 8.16. The number of thioether (sulfide) groups is 1. The van der Waals surface area contributed by atoms with Crippen LogP contribution in [0.15, 0.2) is 53.6 Å². The van der Waals surface area contributed by atoms with Gasteiger partial charge in [-0.3, -0.25) is 4.98 Å². The average Bonchev–Trinajstić information content (AvgIpc) is 2.46. The third-order valence-electron chi connectivity index (χ3n) is 2.92. The summed E-state index contributed by atoms with van der Waals surface area (Å²) in [6.07, 6.45) is 2.80. The van der Waals surface area contributed by atoms with Crippen LogP contribution in [0.2, 0.25) is 5.02 Å². The Morgan fingerprint density at radius 1 is 1.25 bits per heavy atom. The van der Waals surface area contributed by atoms with Crippen molar-refractivity contribution in [3.05, 3.63) is 59.4 Å². The normalized spacial score (nSPS) is 12.3. The molecule has 0 radical (unpaired) electrons. The minimum atomic E-state index is 0.416. The van der Waals surface area contributed by atoms with Crippen molar-refractivity contribution < 1.29 is 0 Å². The van der Waals surface area contributed by atoms with E-state index in [1.54, 1.807) is 0 Å². The minimum absolute atomic E-state index is 0.416. The maximum absolute atomic E-state index is 6.01. The molecule has 2 nitrogen and oxygen atoms in total. The lowest BCUT2D eigenvalue weighted by atomic mass is 10.1. The summed E-state index contributed by atoms with van der Waals surface area (Å²) in [5.74, 6) is 1.00. The number of rotatable bonds is 7. The molecule has 0 saturated heterocycles. The predicted molar refractivity (Wildman–Crippen MR) is 87.6 cm³/mol. The Morgan fingerprint density at radius 2 is 2.15 bits per heavy atom. The van der Waals surface area contributed by atoms with Gasteiger partial charge in [0.05, 0.1) is 0 Å². The average molecular weight is 307 g/mol. The summed E-state index contributed by atoms with van der Waals surface area (Å²) in [4.78, 5) is 5.61. The number of pyridine rings is 1. The van der Waals surface area contributed by atoms with Gasteiger partial charge in [0.2, 0.25) is 0 Å². The standard InChI is InChI=1S/C16H19ClN2S/c1-2-18-15(11-14-7-3-4-9-19-14)12-20-16-8-5-6-13(17)10-16/h3-10,15,18H,2,11-12H2,1H3. The van der Waals surface area contributed by atoms with Gasteiger partial charge in [-0.1, -0.05) is 30.7 Å². The minimum Gasteiger partial charge on any atom is -0.313 e. The molecule has 0 spiro atoms. The van der Waals surface area contributed by atoms with E-state index in [1.165, 1.54) is 4.90 Å². The van der Waals surface area contributed by atoms with Gasteiger partial charge in [0.15, 0.2) is 0 Å². The fraction of sp³-hybridized carbons (Fsp3) is 0.312. The summed E-state index contributed by atoms with van der Waals surface area (Å²) in [6.45, 7) is 3.10. The fourth-order valence-corrected chi connectivity index (χ4v) is 3.27. The smallest absolute Gasteiger partial charge is 0.0419 e. The van der Waals surface area contributed by atoms with Gasteiger partial charge < -0.3 is 5.32 Å². The summed E-state index contributed by atoms with van der Waals surface area (Å²) in [5.41, 5.74) is 1.13. The van der Waals surface area contributed by atoms with E-state index in [4.69, 9.17) is 11.6 Å². The molecule has 4 heteroatoms. The Balaban J connectivity index is 1.92. The largest absolute Gasteiger partial charge is 0.313 e. The summed E-state index contributed by atoms with van der Waals surface area (Å²) >= 11 is 7.84. The number of halogens is 1. The van der Waals surface area contributed by atoms with E-state index in [9.17, 15) is 0 Å². The van der Waals surface area contributed by atoms with Gasteiger partial charge in [0.1, 0.15) is 0 Å². The highest BCUT2D eigenvalue weighted by atomic mass is 35.5. The van der Waals surface area contributed by atoms with Gasteiger partial charge in [-0.15, -0.1) is 11.8 Å². The van der Waals surface area contributed by atoms with E-state index in [0.29, 0.717) is 6.04 Å². The molecule has 1 heterocycles. The number of aromatic nitrogens is 1. The summed E-state index contributed by atoms with van der Waals surface area (Å²) in [7, 11) is 0. The highest BCUT2D eigenvalue weighted by Crippen LogP contribution is 2.22. The SMILES string of the molecule is CCNC(CSc1cccc(Cl)c1)Cc1ccccn1. The second-order valence-corrected chi connectivity index (χ2v) is 6.08. The summed E-state index contributed by atoms with van der Waals surface area (Å²) < 4.78 is 0. The Labute approximate surface area is 130 Å². The number of hydrogen-bond donors (Lipinski definition) is 1. The first-order chi connectivity index (χ1) is 9.78. The molecule has 106 valence electrons. The molecule has 2 rings (SSSR count). The van der Waals surface area contributed by atoms with Crippen LogP contribution in [0.4, 0.5) is 0 Å². The van der Waals surface area contributed by atoms with Crippen LogP contribution in [0.1, 0.15) is 12.6 Å². The van der Waals surface area contributed by atoms with E-state index < -0.39 is 0 Å². The van der Waals surface area contributed by atoms with Crippen molar-refractivity contribution in [2.45, 2.75) is 24.3 Å². The quantitative estimate of drug-likeness (QED) is 0.781. The second kappa shape index (κ2) is 8.30. The van der Waals surface area contributed by atoms with Crippen molar-refractivity contribution in [1.29, 1.82) is 0 Å². The van der Waals surface area contributed by atoms with Crippen LogP contribution in [-0.2, 0) is 6.42 Å². The first kappa shape index (κ1) is 15.4. The number of nitrogens with one attached hydrogen (secondary N) is 1. The topological polar surface area (TPSA) is 24.9 Å². The maximum atomic E-state index is 6.01. The molecule has 2 aromatic rings. The lowest BCUT2D eigenvalue weighted by Crippen LogP contribution is -2.33. The molecule has 1 aromatic carbocycles. The molecule has 1 atom stereocenters. The zero-order chi connectivity index (χ0) is 14.2. The van der Waals surface area contributed by atoms with E-state index >= 15 is 0 Å². The zero-order valence-corrected chi connectivity index (χ0v) is 13.1. The van der Waals surface area contributed by atoms with Crippen LogP contribution >= 0.6 is 23.4 Å². The molecule has 0 saturated carbocycles. The van der Waals surface area contributed by atoms with Crippen LogP contribution in [0.3, 0.4) is 0 Å². The third-order valence-corrected chi connectivity index (χ3v) is 4.31. The molecule has 0 aliphatic rings. The predicted octanol–water partition coefficient (Wildman–Crippen LogP) is 4.05. The zero-order valence-electron chi connectivity index (χ0n) is 11.6.